The van der Waals surface area contributed by atoms with Gasteiger partial charge in [0, 0.05) is 17.1 Å². The molecule has 0 N–H and O–H groups in total. The van der Waals surface area contributed by atoms with Gasteiger partial charge in [0.05, 0.1) is 11.8 Å². The van der Waals surface area contributed by atoms with Crippen LogP contribution in [0.1, 0.15) is 29.8 Å². The molecule has 0 atom stereocenters. The third-order valence-corrected chi connectivity index (χ3v) is 4.70. The van der Waals surface area contributed by atoms with Gasteiger partial charge in [-0.1, -0.05) is 24.3 Å². The molecule has 7 heteroatoms. The first kappa shape index (κ1) is 19.5. The lowest BCUT2D eigenvalue weighted by Gasteiger charge is -2.27. The number of nitrogens with zero attached hydrogens (tertiary/aromatic N) is 1. The maximum atomic E-state index is 12.9. The van der Waals surface area contributed by atoms with E-state index in [2.05, 4.69) is 15.9 Å². The second kappa shape index (κ2) is 8.01. The molecule has 0 bridgehead atoms. The molecule has 0 spiro atoms. The van der Waals surface area contributed by atoms with Gasteiger partial charge in [-0.2, -0.15) is 8.42 Å². The van der Waals surface area contributed by atoms with Gasteiger partial charge >= 0.3 is 10.1 Å². The van der Waals surface area contributed by atoms with Crippen molar-refractivity contribution in [1.29, 1.82) is 0 Å². The highest BCUT2D eigenvalue weighted by Gasteiger charge is 2.21. The molecule has 0 saturated heterocycles. The van der Waals surface area contributed by atoms with Gasteiger partial charge < -0.3 is 9.08 Å². The fourth-order valence-electron chi connectivity index (χ4n) is 2.30. The second-order valence-corrected chi connectivity index (χ2v) is 8.37. The lowest BCUT2D eigenvalue weighted by molar-refractivity contribution is 0.0689. The molecule has 0 aliphatic carbocycles. The number of amides is 1. The maximum Gasteiger partial charge on any atom is 0.306 e. The molecule has 0 radical (unpaired) electrons. The van der Waals surface area contributed by atoms with Gasteiger partial charge in [0.15, 0.2) is 0 Å². The van der Waals surface area contributed by atoms with Gasteiger partial charge in [0.2, 0.25) is 0 Å². The Morgan fingerprint density at radius 3 is 2.24 bits per heavy atom. The van der Waals surface area contributed by atoms with Crippen molar-refractivity contribution >= 4 is 32.0 Å². The van der Waals surface area contributed by atoms with Crippen molar-refractivity contribution in [3.8, 4) is 5.75 Å². The van der Waals surface area contributed by atoms with E-state index in [-0.39, 0.29) is 17.7 Å². The van der Waals surface area contributed by atoms with Crippen LogP contribution in [0.2, 0.25) is 0 Å². The van der Waals surface area contributed by atoms with Crippen LogP contribution >= 0.6 is 15.9 Å². The minimum Gasteiger partial charge on any atom is -0.383 e. The third-order valence-electron chi connectivity index (χ3n) is 3.51. The van der Waals surface area contributed by atoms with Crippen molar-refractivity contribution in [3.05, 3.63) is 64.1 Å². The average Bonchev–Trinajstić information content (AvgIpc) is 2.52. The molecule has 0 fully saturated rings. The minimum absolute atomic E-state index is 0.00607. The molecule has 2 aromatic rings. The molecule has 2 rings (SSSR count). The van der Waals surface area contributed by atoms with E-state index in [4.69, 9.17) is 4.18 Å². The zero-order valence-corrected chi connectivity index (χ0v) is 16.7. The second-order valence-electron chi connectivity index (χ2n) is 5.94. The van der Waals surface area contributed by atoms with Gasteiger partial charge in [0.1, 0.15) is 5.75 Å². The van der Waals surface area contributed by atoms with E-state index < -0.39 is 10.1 Å². The van der Waals surface area contributed by atoms with Crippen molar-refractivity contribution in [2.75, 3.05) is 6.26 Å². The Balaban J connectivity index is 2.19. The Labute approximate surface area is 156 Å². The molecule has 0 aromatic heterocycles. The summed E-state index contributed by atoms with van der Waals surface area (Å²) in [6.07, 6.45) is 0.998. The number of carbonyl (C=O) groups is 1. The molecule has 0 aliphatic rings. The maximum absolute atomic E-state index is 12.9. The van der Waals surface area contributed by atoms with Crippen LogP contribution in [-0.4, -0.2) is 31.5 Å². The Morgan fingerprint density at radius 1 is 1.12 bits per heavy atom. The minimum atomic E-state index is -3.55. The molecular formula is C18H20BrNO4S. The first-order chi connectivity index (χ1) is 11.7. The third kappa shape index (κ3) is 5.57. The normalized spacial score (nSPS) is 11.4. The summed E-state index contributed by atoms with van der Waals surface area (Å²) >= 11 is 3.42. The van der Waals surface area contributed by atoms with Crippen LogP contribution in [0.5, 0.6) is 5.75 Å². The van der Waals surface area contributed by atoms with Crippen LogP contribution in [0.15, 0.2) is 53.0 Å². The zero-order valence-electron chi connectivity index (χ0n) is 14.3. The quantitative estimate of drug-likeness (QED) is 0.659. The highest BCUT2D eigenvalue weighted by atomic mass is 79.9. The SMILES string of the molecule is CC(C)N(Cc1ccc(OS(C)(=O)=O)cc1)C(=O)c1ccccc1Br. The number of rotatable bonds is 6. The van der Waals surface area contributed by atoms with Crippen molar-refractivity contribution in [2.45, 2.75) is 26.4 Å². The number of carbonyl (C=O) groups excluding carboxylic acids is 1. The Morgan fingerprint density at radius 2 is 1.72 bits per heavy atom. The summed E-state index contributed by atoms with van der Waals surface area (Å²) in [7, 11) is -3.55. The van der Waals surface area contributed by atoms with Crippen LogP contribution in [0, 0.1) is 0 Å². The lowest BCUT2D eigenvalue weighted by atomic mass is 10.1. The Bertz CT molecular complexity index is 848. The summed E-state index contributed by atoms with van der Waals surface area (Å²) < 4.78 is 27.9. The predicted octanol–water partition coefficient (Wildman–Crippen LogP) is 3.84. The molecule has 25 heavy (non-hydrogen) atoms. The van der Waals surface area contributed by atoms with Crippen molar-refractivity contribution in [3.63, 3.8) is 0 Å². The van der Waals surface area contributed by atoms with E-state index in [0.29, 0.717) is 12.1 Å². The zero-order chi connectivity index (χ0) is 18.6. The van der Waals surface area contributed by atoms with Crippen molar-refractivity contribution < 1.29 is 17.4 Å². The Kier molecular flexibility index (Phi) is 6.24. The smallest absolute Gasteiger partial charge is 0.306 e. The first-order valence-electron chi connectivity index (χ1n) is 7.71. The van der Waals surface area contributed by atoms with E-state index in [9.17, 15) is 13.2 Å². The van der Waals surface area contributed by atoms with Crippen LogP contribution in [0.4, 0.5) is 0 Å². The lowest BCUT2D eigenvalue weighted by Crippen LogP contribution is -2.36. The van der Waals surface area contributed by atoms with Gasteiger partial charge in [-0.05, 0) is 59.6 Å². The topological polar surface area (TPSA) is 63.7 Å². The summed E-state index contributed by atoms with van der Waals surface area (Å²) in [5.41, 5.74) is 1.49. The fraction of sp³-hybridized carbons (Fsp3) is 0.278. The standard InChI is InChI=1S/C18H20BrNO4S/c1-13(2)20(18(21)16-6-4-5-7-17(16)19)12-14-8-10-15(11-9-14)24-25(3,22)23/h4-11,13H,12H2,1-3H3. The molecule has 1 amide bonds. The molecule has 134 valence electrons. The molecule has 0 unspecified atom stereocenters. The number of hydrogen-bond donors (Lipinski definition) is 0. The van der Waals surface area contributed by atoms with Gasteiger partial charge in [-0.25, -0.2) is 0 Å². The van der Waals surface area contributed by atoms with Gasteiger partial charge in [-0.3, -0.25) is 4.79 Å². The Hall–Kier alpha value is -1.86. The molecule has 2 aromatic carbocycles. The van der Waals surface area contributed by atoms with E-state index in [1.807, 2.05) is 32.0 Å². The molecule has 0 saturated carbocycles. The predicted molar refractivity (Wildman–Crippen MR) is 101 cm³/mol. The molecular weight excluding hydrogens is 406 g/mol. The largest absolute Gasteiger partial charge is 0.383 e. The monoisotopic (exact) mass is 425 g/mol. The van der Waals surface area contributed by atoms with E-state index in [1.54, 1.807) is 35.2 Å². The molecule has 0 aliphatic heterocycles. The van der Waals surface area contributed by atoms with Crippen LogP contribution < -0.4 is 4.18 Å². The van der Waals surface area contributed by atoms with Crippen LogP contribution in [-0.2, 0) is 16.7 Å². The first-order valence-corrected chi connectivity index (χ1v) is 10.3. The number of hydrogen-bond acceptors (Lipinski definition) is 4. The van der Waals surface area contributed by atoms with E-state index >= 15 is 0 Å². The summed E-state index contributed by atoms with van der Waals surface area (Å²) in [6, 6.07) is 14.0. The van der Waals surface area contributed by atoms with Crippen molar-refractivity contribution in [2.24, 2.45) is 0 Å². The average molecular weight is 426 g/mol. The summed E-state index contributed by atoms with van der Waals surface area (Å²) in [4.78, 5) is 14.6. The van der Waals surface area contributed by atoms with Gasteiger partial charge in [-0.15, -0.1) is 0 Å². The number of halogens is 1. The van der Waals surface area contributed by atoms with E-state index in [1.165, 1.54) is 0 Å². The summed E-state index contributed by atoms with van der Waals surface area (Å²) in [5, 5.41) is 0. The molecule has 0 heterocycles. The van der Waals surface area contributed by atoms with Gasteiger partial charge in [0.25, 0.3) is 5.91 Å². The van der Waals surface area contributed by atoms with Crippen LogP contribution in [0.25, 0.3) is 0 Å². The highest BCUT2D eigenvalue weighted by molar-refractivity contribution is 9.10. The molecule has 5 nitrogen and oxygen atoms in total. The van der Waals surface area contributed by atoms with Crippen LogP contribution in [0.3, 0.4) is 0 Å². The van der Waals surface area contributed by atoms with E-state index in [0.717, 1.165) is 16.3 Å². The summed E-state index contributed by atoms with van der Waals surface area (Å²) in [6.45, 7) is 4.32. The van der Waals surface area contributed by atoms with Crippen molar-refractivity contribution in [1.82, 2.24) is 4.90 Å². The highest BCUT2D eigenvalue weighted by Crippen LogP contribution is 2.21. The summed E-state index contributed by atoms with van der Waals surface area (Å²) in [5.74, 6) is 0.179. The number of benzene rings is 2. The fourth-order valence-corrected chi connectivity index (χ4v) is 3.22.